The number of hydrogen-bond donors (Lipinski definition) is 1. The van der Waals surface area contributed by atoms with Crippen LogP contribution in [0.5, 0.6) is 0 Å². The molecular formula is C14H12N2O2S. The van der Waals surface area contributed by atoms with Crippen LogP contribution in [0.4, 0.5) is 5.69 Å². The molecule has 4 nitrogen and oxygen atoms in total. The van der Waals surface area contributed by atoms with Crippen LogP contribution in [0.1, 0.15) is 20.8 Å². The molecule has 0 radical (unpaired) electrons. The van der Waals surface area contributed by atoms with Gasteiger partial charge in [-0.2, -0.15) is 5.26 Å². The number of nitriles is 1. The maximum Gasteiger partial charge on any atom is 0.346 e. The number of anilines is 1. The summed E-state index contributed by atoms with van der Waals surface area (Å²) >= 11 is 1.23. The van der Waals surface area contributed by atoms with Crippen LogP contribution in [0.3, 0.4) is 0 Å². The van der Waals surface area contributed by atoms with Crippen LogP contribution in [0.2, 0.25) is 0 Å². The molecule has 0 spiro atoms. The molecule has 0 atom stereocenters. The van der Waals surface area contributed by atoms with Gasteiger partial charge in [0.15, 0.2) is 0 Å². The highest BCUT2D eigenvalue weighted by Crippen LogP contribution is 2.21. The van der Waals surface area contributed by atoms with Gasteiger partial charge in [0.05, 0.1) is 11.6 Å². The number of benzene rings is 1. The van der Waals surface area contributed by atoms with Crippen molar-refractivity contribution < 1.29 is 9.90 Å². The number of carbonyl (C=O) groups is 1. The van der Waals surface area contributed by atoms with E-state index in [9.17, 15) is 4.79 Å². The van der Waals surface area contributed by atoms with E-state index in [1.807, 2.05) is 30.1 Å². The Kier molecular flexibility index (Phi) is 3.83. The molecule has 0 aliphatic carbocycles. The average Bonchev–Trinajstić information content (AvgIpc) is 2.87. The molecule has 0 bridgehead atoms. The third kappa shape index (κ3) is 2.92. The van der Waals surface area contributed by atoms with Gasteiger partial charge in [-0.1, -0.05) is 0 Å². The minimum Gasteiger partial charge on any atom is -0.477 e. The van der Waals surface area contributed by atoms with Crippen molar-refractivity contribution in [1.29, 1.82) is 5.26 Å². The second kappa shape index (κ2) is 5.55. The average molecular weight is 272 g/mol. The molecule has 1 aromatic carbocycles. The van der Waals surface area contributed by atoms with Crippen LogP contribution in [-0.2, 0) is 6.54 Å². The molecule has 0 amide bonds. The lowest BCUT2D eigenvalue weighted by atomic mass is 10.2. The van der Waals surface area contributed by atoms with Gasteiger partial charge in [0, 0.05) is 19.3 Å². The quantitative estimate of drug-likeness (QED) is 0.929. The zero-order chi connectivity index (χ0) is 13.8. The number of carboxylic acid groups (broad SMARTS) is 1. The summed E-state index contributed by atoms with van der Waals surface area (Å²) in [4.78, 5) is 13.4. The van der Waals surface area contributed by atoms with Gasteiger partial charge in [-0.3, -0.25) is 0 Å². The number of aromatic carboxylic acids is 1. The monoisotopic (exact) mass is 272 g/mol. The molecule has 5 heteroatoms. The molecule has 0 aliphatic rings. The molecule has 19 heavy (non-hydrogen) atoms. The molecule has 1 heterocycles. The Morgan fingerprint density at radius 1 is 1.37 bits per heavy atom. The minimum atomic E-state index is -0.891. The Morgan fingerprint density at radius 2 is 2.05 bits per heavy atom. The first-order chi connectivity index (χ1) is 9.11. The molecule has 0 aliphatic heterocycles. The Morgan fingerprint density at radius 3 is 2.63 bits per heavy atom. The highest BCUT2D eigenvalue weighted by molar-refractivity contribution is 7.12. The van der Waals surface area contributed by atoms with Crippen LogP contribution in [0.25, 0.3) is 0 Å². The molecule has 0 saturated heterocycles. The lowest BCUT2D eigenvalue weighted by Crippen LogP contribution is -2.17. The molecule has 0 unspecified atom stereocenters. The van der Waals surface area contributed by atoms with Crippen molar-refractivity contribution in [1.82, 2.24) is 0 Å². The fourth-order valence-corrected chi connectivity index (χ4v) is 2.54. The van der Waals surface area contributed by atoms with E-state index in [0.717, 1.165) is 11.3 Å². The van der Waals surface area contributed by atoms with Crippen molar-refractivity contribution in [3.8, 4) is 6.07 Å². The third-order valence-corrected chi connectivity index (χ3v) is 3.73. The summed E-state index contributed by atoms with van der Waals surface area (Å²) in [7, 11) is 1.89. The standard InChI is InChI=1S/C14H12N2O2S/c1-16(12-4-2-10(8-15)3-5-12)9-11-6-7-19-13(11)14(17)18/h2-7H,9H2,1H3,(H,17,18). The summed E-state index contributed by atoms with van der Waals surface area (Å²) < 4.78 is 0. The van der Waals surface area contributed by atoms with Crippen LogP contribution >= 0.6 is 11.3 Å². The van der Waals surface area contributed by atoms with E-state index in [1.54, 1.807) is 17.5 Å². The van der Waals surface area contributed by atoms with Gasteiger partial charge < -0.3 is 10.0 Å². The maximum atomic E-state index is 11.0. The number of thiophene rings is 1. The van der Waals surface area contributed by atoms with Crippen molar-refractivity contribution in [3.05, 3.63) is 51.7 Å². The van der Waals surface area contributed by atoms with Gasteiger partial charge in [-0.25, -0.2) is 4.79 Å². The third-order valence-electron chi connectivity index (χ3n) is 2.79. The van der Waals surface area contributed by atoms with E-state index in [2.05, 4.69) is 6.07 Å². The molecule has 0 fully saturated rings. The van der Waals surface area contributed by atoms with E-state index in [4.69, 9.17) is 10.4 Å². The Labute approximate surface area is 115 Å². The highest BCUT2D eigenvalue weighted by atomic mass is 32.1. The molecule has 2 aromatic rings. The number of carboxylic acids is 1. The first kappa shape index (κ1) is 13.1. The second-order valence-electron chi connectivity index (χ2n) is 4.09. The molecular weight excluding hydrogens is 260 g/mol. The summed E-state index contributed by atoms with van der Waals surface area (Å²) in [6.45, 7) is 0.525. The van der Waals surface area contributed by atoms with Crippen LogP contribution in [0.15, 0.2) is 35.7 Å². The van der Waals surface area contributed by atoms with Gasteiger partial charge in [0.25, 0.3) is 0 Å². The fraction of sp³-hybridized carbons (Fsp3) is 0.143. The normalized spacial score (nSPS) is 9.89. The van der Waals surface area contributed by atoms with Gasteiger partial charge in [-0.15, -0.1) is 11.3 Å². The number of hydrogen-bond acceptors (Lipinski definition) is 4. The van der Waals surface area contributed by atoms with Crippen molar-refractivity contribution in [2.75, 3.05) is 11.9 Å². The molecule has 1 N–H and O–H groups in total. The molecule has 1 aromatic heterocycles. The number of rotatable bonds is 4. The fourth-order valence-electron chi connectivity index (χ4n) is 1.79. The topological polar surface area (TPSA) is 64.3 Å². The van der Waals surface area contributed by atoms with Gasteiger partial charge in [0.1, 0.15) is 4.88 Å². The van der Waals surface area contributed by atoms with E-state index >= 15 is 0 Å². The SMILES string of the molecule is CN(Cc1ccsc1C(=O)O)c1ccc(C#N)cc1. The van der Waals surface area contributed by atoms with E-state index < -0.39 is 5.97 Å². The lowest BCUT2D eigenvalue weighted by Gasteiger charge is -2.19. The summed E-state index contributed by atoms with van der Waals surface area (Å²) in [6.07, 6.45) is 0. The van der Waals surface area contributed by atoms with Crippen LogP contribution in [0, 0.1) is 11.3 Å². The van der Waals surface area contributed by atoms with E-state index in [0.29, 0.717) is 17.0 Å². The predicted molar refractivity (Wildman–Crippen MR) is 74.5 cm³/mol. The smallest absolute Gasteiger partial charge is 0.346 e. The summed E-state index contributed by atoms with van der Waals surface area (Å²) in [5.74, 6) is -0.891. The largest absolute Gasteiger partial charge is 0.477 e. The minimum absolute atomic E-state index is 0.375. The summed E-state index contributed by atoms with van der Waals surface area (Å²) in [5, 5.41) is 19.6. The highest BCUT2D eigenvalue weighted by Gasteiger charge is 2.13. The second-order valence-corrected chi connectivity index (χ2v) is 5.01. The predicted octanol–water partition coefficient (Wildman–Crippen LogP) is 2.95. The van der Waals surface area contributed by atoms with E-state index in [1.165, 1.54) is 11.3 Å². The number of nitrogens with zero attached hydrogens (tertiary/aromatic N) is 2. The Bertz CT molecular complexity index is 626. The van der Waals surface area contributed by atoms with Gasteiger partial charge in [-0.05, 0) is 41.3 Å². The zero-order valence-corrected chi connectivity index (χ0v) is 11.1. The van der Waals surface area contributed by atoms with Gasteiger partial charge in [0.2, 0.25) is 0 Å². The van der Waals surface area contributed by atoms with Crippen LogP contribution < -0.4 is 4.90 Å². The first-order valence-corrected chi connectivity index (χ1v) is 6.50. The van der Waals surface area contributed by atoms with Gasteiger partial charge >= 0.3 is 5.97 Å². The molecule has 0 saturated carbocycles. The Hall–Kier alpha value is -2.32. The van der Waals surface area contributed by atoms with Crippen molar-refractivity contribution in [2.24, 2.45) is 0 Å². The maximum absolute atomic E-state index is 11.0. The van der Waals surface area contributed by atoms with Crippen molar-refractivity contribution in [3.63, 3.8) is 0 Å². The molecule has 96 valence electrons. The van der Waals surface area contributed by atoms with E-state index in [-0.39, 0.29) is 0 Å². The van der Waals surface area contributed by atoms with Crippen LogP contribution in [-0.4, -0.2) is 18.1 Å². The first-order valence-electron chi connectivity index (χ1n) is 5.63. The molecule has 2 rings (SSSR count). The summed E-state index contributed by atoms with van der Waals surface area (Å²) in [6, 6.07) is 11.1. The summed E-state index contributed by atoms with van der Waals surface area (Å²) in [5.41, 5.74) is 2.35. The zero-order valence-electron chi connectivity index (χ0n) is 10.3. The Balaban J connectivity index is 2.16. The van der Waals surface area contributed by atoms with Crippen molar-refractivity contribution >= 4 is 23.0 Å². The lowest BCUT2D eigenvalue weighted by molar-refractivity contribution is 0.0701. The van der Waals surface area contributed by atoms with Crippen molar-refractivity contribution in [2.45, 2.75) is 6.54 Å².